The van der Waals surface area contributed by atoms with Crippen molar-refractivity contribution in [3.63, 3.8) is 0 Å². The second-order valence-corrected chi connectivity index (χ2v) is 17.2. The van der Waals surface area contributed by atoms with Crippen LogP contribution in [0.5, 0.6) is 0 Å². The van der Waals surface area contributed by atoms with Crippen LogP contribution in [0.4, 0.5) is 34.1 Å². The molecule has 2 saturated heterocycles. The van der Waals surface area contributed by atoms with Gasteiger partial charge in [0.15, 0.2) is 0 Å². The van der Waals surface area contributed by atoms with E-state index >= 15 is 0 Å². The number of hydrogen-bond donors (Lipinski definition) is 3. The minimum Gasteiger partial charge on any atom is -0.465 e. The van der Waals surface area contributed by atoms with Crippen molar-refractivity contribution in [1.82, 2.24) is 0 Å². The first-order valence-corrected chi connectivity index (χ1v) is 23.5. The monoisotopic (exact) mass is 942 g/mol. The van der Waals surface area contributed by atoms with Gasteiger partial charge in [0.05, 0.1) is 35.8 Å². The van der Waals surface area contributed by atoms with E-state index in [-0.39, 0.29) is 29.1 Å². The van der Waals surface area contributed by atoms with Crippen molar-refractivity contribution < 1.29 is 33.6 Å². The highest BCUT2D eigenvalue weighted by molar-refractivity contribution is 6.09. The van der Waals surface area contributed by atoms with Gasteiger partial charge in [0.25, 0.3) is 17.5 Å². The average Bonchev–Trinajstić information content (AvgIpc) is 3.40. The van der Waals surface area contributed by atoms with Crippen molar-refractivity contribution in [1.29, 1.82) is 0 Å². The number of nitrogens with zero attached hydrogens (tertiary/aromatic N) is 3. The number of methoxy groups -OCH3 is 2. The van der Waals surface area contributed by atoms with Gasteiger partial charge < -0.3 is 35.6 Å². The van der Waals surface area contributed by atoms with Crippen molar-refractivity contribution in [2.45, 2.75) is 51.4 Å². The molecule has 4 N–H and O–H groups in total. The number of rotatable bonds is 14. The average molecular weight is 943 g/mol. The third-order valence-corrected chi connectivity index (χ3v) is 12.4. The fraction of sp³-hybridized carbons (Fsp3) is 0.250. The molecule has 0 radical (unpaired) electrons. The number of esters is 2. The molecule has 2 fully saturated rings. The fourth-order valence-electron chi connectivity index (χ4n) is 8.39. The molecular weight excluding hydrogens is 885 g/mol. The van der Waals surface area contributed by atoms with E-state index in [0.717, 1.165) is 85.6 Å². The summed E-state index contributed by atoms with van der Waals surface area (Å²) >= 11 is 0. The Morgan fingerprint density at radius 1 is 0.557 bits per heavy atom. The molecule has 0 aliphatic carbocycles. The van der Waals surface area contributed by atoms with Gasteiger partial charge in [-0.05, 0) is 152 Å². The topological polar surface area (TPSA) is 186 Å². The van der Waals surface area contributed by atoms with E-state index in [1.165, 1.54) is 51.5 Å². The molecule has 2 heterocycles. The van der Waals surface area contributed by atoms with Crippen LogP contribution in [0, 0.1) is 10.1 Å². The van der Waals surface area contributed by atoms with Crippen LogP contribution < -0.4 is 26.2 Å². The summed E-state index contributed by atoms with van der Waals surface area (Å²) in [5.41, 5.74) is 15.3. The van der Waals surface area contributed by atoms with E-state index in [9.17, 15) is 29.3 Å². The van der Waals surface area contributed by atoms with Crippen LogP contribution in [0.25, 0.3) is 12.2 Å². The first-order valence-electron chi connectivity index (χ1n) is 23.5. The number of nitro groups is 1. The van der Waals surface area contributed by atoms with Gasteiger partial charge in [0.2, 0.25) is 0 Å². The summed E-state index contributed by atoms with van der Waals surface area (Å²) in [6.07, 6.45) is 12.4. The molecule has 0 spiro atoms. The Labute approximate surface area is 408 Å². The van der Waals surface area contributed by atoms with Crippen molar-refractivity contribution in [2.75, 3.05) is 66.6 Å². The summed E-state index contributed by atoms with van der Waals surface area (Å²) in [5.74, 6) is -1.43. The Bertz CT molecular complexity index is 2800. The lowest BCUT2D eigenvalue weighted by Crippen LogP contribution is -2.29. The third-order valence-electron chi connectivity index (χ3n) is 12.4. The Morgan fingerprint density at radius 3 is 1.43 bits per heavy atom. The zero-order valence-corrected chi connectivity index (χ0v) is 39.5. The van der Waals surface area contributed by atoms with E-state index in [4.69, 9.17) is 15.2 Å². The number of nitrogens with one attached hydrogen (secondary N) is 2. The molecule has 6 aromatic carbocycles. The van der Waals surface area contributed by atoms with Crippen molar-refractivity contribution in [3.05, 3.63) is 188 Å². The van der Waals surface area contributed by atoms with Gasteiger partial charge in [0.1, 0.15) is 5.56 Å². The molecule has 0 atom stereocenters. The Balaban J connectivity index is 0.000000207. The largest absolute Gasteiger partial charge is 0.465 e. The minimum absolute atomic E-state index is 0.0439. The third kappa shape index (κ3) is 13.5. The maximum atomic E-state index is 13.0. The second kappa shape index (κ2) is 24.2. The number of anilines is 5. The van der Waals surface area contributed by atoms with Gasteiger partial charge in [0, 0.05) is 60.7 Å². The molecule has 360 valence electrons. The highest BCUT2D eigenvalue weighted by Crippen LogP contribution is 2.29. The van der Waals surface area contributed by atoms with Crippen LogP contribution in [0.3, 0.4) is 0 Å². The molecule has 2 aliphatic rings. The van der Waals surface area contributed by atoms with E-state index in [2.05, 4.69) is 20.4 Å². The van der Waals surface area contributed by atoms with Crippen LogP contribution in [0.1, 0.15) is 102 Å². The lowest BCUT2D eigenvalue weighted by atomic mass is 10.0. The van der Waals surface area contributed by atoms with Crippen LogP contribution in [0.2, 0.25) is 0 Å². The molecule has 0 bridgehead atoms. The fourth-order valence-corrected chi connectivity index (χ4v) is 8.39. The molecule has 2 amide bonds. The number of benzene rings is 6. The summed E-state index contributed by atoms with van der Waals surface area (Å²) < 4.78 is 9.44. The molecule has 8 rings (SSSR count). The van der Waals surface area contributed by atoms with Gasteiger partial charge in [-0.1, -0.05) is 60.7 Å². The van der Waals surface area contributed by atoms with Gasteiger partial charge in [-0.2, -0.15) is 0 Å². The highest BCUT2D eigenvalue weighted by Gasteiger charge is 2.23. The normalized spacial score (nSPS) is 13.4. The number of nitro benzene ring substituents is 1. The number of carbonyl (C=O) groups is 4. The Morgan fingerprint density at radius 2 is 0.957 bits per heavy atom. The van der Waals surface area contributed by atoms with Crippen molar-refractivity contribution >= 4 is 70.0 Å². The zero-order chi connectivity index (χ0) is 49.4. The number of hydrogen-bond acceptors (Lipinski definition) is 11. The maximum Gasteiger partial charge on any atom is 0.337 e. The zero-order valence-electron chi connectivity index (χ0n) is 39.5. The van der Waals surface area contributed by atoms with Crippen LogP contribution in [-0.4, -0.2) is 69.1 Å². The molecule has 0 aromatic heterocycles. The molecular formula is C56H58N6O8. The Hall–Kier alpha value is -8.26. The molecule has 14 nitrogen and oxygen atoms in total. The molecule has 70 heavy (non-hydrogen) atoms. The summed E-state index contributed by atoms with van der Waals surface area (Å²) in [5, 5.41) is 17.3. The standard InChI is InChI=1S/C28H27N3O5.C28H31N3O3/c1-36-28(33)22-11-7-20(8-12-22)5-6-21-9-13-23(14-10-21)29-27(32)25-19-24(15-16-26(25)31(34)35)30-17-3-2-4-18-30;1-34-28(33)22-11-7-20(8-12-22)5-6-21-9-13-23(14-10-21)30-27(32)25-19-24(15-16-26(25)29)31-17-3-2-4-18-31/h5-16,19H,2-4,17-18H2,1H3,(H,29,32);7-16,19H,2-6,17-18,29H2,1H3,(H,30,32)/b6-5+;. The minimum atomic E-state index is -0.527. The highest BCUT2D eigenvalue weighted by atomic mass is 16.6. The van der Waals surface area contributed by atoms with Crippen LogP contribution in [-0.2, 0) is 22.3 Å². The maximum absolute atomic E-state index is 13.0. The van der Waals surface area contributed by atoms with Crippen LogP contribution >= 0.6 is 0 Å². The van der Waals surface area contributed by atoms with E-state index in [1.807, 2.05) is 91.0 Å². The number of piperidine rings is 2. The number of aryl methyl sites for hydroxylation is 2. The molecule has 0 saturated carbocycles. The summed E-state index contributed by atoms with van der Waals surface area (Å²) in [6.45, 7) is 3.79. The first kappa shape index (κ1) is 49.6. The van der Waals surface area contributed by atoms with Gasteiger partial charge in [-0.25, -0.2) is 9.59 Å². The van der Waals surface area contributed by atoms with Gasteiger partial charge in [-0.3, -0.25) is 19.7 Å². The lowest BCUT2D eigenvalue weighted by Gasteiger charge is -2.29. The van der Waals surface area contributed by atoms with Gasteiger partial charge >= 0.3 is 11.9 Å². The number of ether oxygens (including phenoxy) is 2. The molecule has 14 heteroatoms. The van der Waals surface area contributed by atoms with Gasteiger partial charge in [-0.15, -0.1) is 0 Å². The van der Waals surface area contributed by atoms with Crippen molar-refractivity contribution in [3.8, 4) is 0 Å². The Kier molecular flexibility index (Phi) is 17.1. The first-order chi connectivity index (χ1) is 34.0. The number of amides is 2. The van der Waals surface area contributed by atoms with E-state index in [0.29, 0.717) is 28.1 Å². The molecule has 0 unspecified atom stereocenters. The predicted molar refractivity (Wildman–Crippen MR) is 277 cm³/mol. The van der Waals surface area contributed by atoms with E-state index in [1.54, 1.807) is 48.5 Å². The van der Waals surface area contributed by atoms with E-state index < -0.39 is 10.8 Å². The van der Waals surface area contributed by atoms with Crippen LogP contribution in [0.15, 0.2) is 133 Å². The smallest absolute Gasteiger partial charge is 0.337 e. The summed E-state index contributed by atoms with van der Waals surface area (Å²) in [6, 6.07) is 40.0. The summed E-state index contributed by atoms with van der Waals surface area (Å²) in [4.78, 5) is 64.5. The summed E-state index contributed by atoms with van der Waals surface area (Å²) in [7, 11) is 2.72. The molecule has 6 aromatic rings. The SMILES string of the molecule is COC(=O)c1ccc(/C=C/c2ccc(NC(=O)c3cc(N4CCCCC4)ccc3[N+](=O)[O-])cc2)cc1.COC(=O)c1ccc(CCc2ccc(NC(=O)c3cc(N4CCCCC4)ccc3N)cc2)cc1. The lowest BCUT2D eigenvalue weighted by molar-refractivity contribution is -0.385. The second-order valence-electron chi connectivity index (χ2n) is 17.2. The number of nitrogen functional groups attached to an aromatic ring is 1. The molecule has 2 aliphatic heterocycles. The quantitative estimate of drug-likeness (QED) is 0.0310. The van der Waals surface area contributed by atoms with Crippen molar-refractivity contribution in [2.24, 2.45) is 0 Å². The number of nitrogens with two attached hydrogens (primary N) is 1. The number of carbonyl (C=O) groups excluding carboxylic acids is 4. The predicted octanol–water partition coefficient (Wildman–Crippen LogP) is 10.9.